The van der Waals surface area contributed by atoms with E-state index in [0.717, 1.165) is 12.0 Å². The SMILES string of the molecule is CN(CC(O)COCc1ccccc1)C(=O)C1CC1(C)C. The first-order chi connectivity index (χ1) is 9.90. The lowest BCUT2D eigenvalue weighted by molar-refractivity contribution is -0.133. The summed E-state index contributed by atoms with van der Waals surface area (Å²) in [5, 5.41) is 9.96. The van der Waals surface area contributed by atoms with Crippen molar-refractivity contribution >= 4 is 5.91 Å². The molecule has 2 rings (SSSR count). The van der Waals surface area contributed by atoms with Crippen LogP contribution in [-0.4, -0.2) is 42.2 Å². The zero-order chi connectivity index (χ0) is 15.5. The van der Waals surface area contributed by atoms with E-state index in [1.54, 1.807) is 11.9 Å². The van der Waals surface area contributed by atoms with Crippen LogP contribution in [-0.2, 0) is 16.1 Å². The first kappa shape index (κ1) is 16.0. The summed E-state index contributed by atoms with van der Waals surface area (Å²) in [4.78, 5) is 13.7. The highest BCUT2D eigenvalue weighted by molar-refractivity contribution is 5.82. The van der Waals surface area contributed by atoms with Crippen LogP contribution in [0.2, 0.25) is 0 Å². The van der Waals surface area contributed by atoms with Crippen LogP contribution < -0.4 is 0 Å². The molecule has 0 radical (unpaired) electrons. The van der Waals surface area contributed by atoms with Crippen LogP contribution in [0.15, 0.2) is 30.3 Å². The third-order valence-corrected chi connectivity index (χ3v) is 4.09. The predicted molar refractivity (Wildman–Crippen MR) is 81.6 cm³/mol. The summed E-state index contributed by atoms with van der Waals surface area (Å²) in [6, 6.07) is 9.84. The fourth-order valence-corrected chi connectivity index (χ4v) is 2.50. The van der Waals surface area contributed by atoms with E-state index in [2.05, 4.69) is 13.8 Å². The van der Waals surface area contributed by atoms with Gasteiger partial charge in [-0.3, -0.25) is 4.79 Å². The predicted octanol–water partition coefficient (Wildman–Crippen LogP) is 2.07. The number of aliphatic hydroxyl groups excluding tert-OH is 1. The van der Waals surface area contributed by atoms with Gasteiger partial charge in [-0.15, -0.1) is 0 Å². The first-order valence-electron chi connectivity index (χ1n) is 7.45. The van der Waals surface area contributed by atoms with Crippen molar-refractivity contribution in [2.45, 2.75) is 33.0 Å². The quantitative estimate of drug-likeness (QED) is 0.836. The summed E-state index contributed by atoms with van der Waals surface area (Å²) < 4.78 is 5.49. The Kier molecular flexibility index (Phi) is 5.01. The number of hydrogen-bond donors (Lipinski definition) is 1. The van der Waals surface area contributed by atoms with Crippen molar-refractivity contribution in [2.75, 3.05) is 20.2 Å². The third-order valence-electron chi connectivity index (χ3n) is 4.09. The van der Waals surface area contributed by atoms with E-state index in [9.17, 15) is 9.90 Å². The standard InChI is InChI=1S/C17H25NO3/c1-17(2)9-15(17)16(20)18(3)10-14(19)12-21-11-13-7-5-4-6-8-13/h4-8,14-15,19H,9-12H2,1-3H3. The second kappa shape index (κ2) is 6.58. The van der Waals surface area contributed by atoms with Crippen LogP contribution >= 0.6 is 0 Å². The molecule has 1 aromatic carbocycles. The van der Waals surface area contributed by atoms with E-state index >= 15 is 0 Å². The minimum atomic E-state index is -0.649. The Hall–Kier alpha value is -1.39. The van der Waals surface area contributed by atoms with Gasteiger partial charge in [-0.05, 0) is 17.4 Å². The number of aliphatic hydroxyl groups is 1. The van der Waals surface area contributed by atoms with Crippen molar-refractivity contribution in [3.05, 3.63) is 35.9 Å². The normalized spacial score (nSPS) is 20.9. The molecule has 1 aliphatic rings. The molecule has 4 heteroatoms. The molecule has 1 aliphatic carbocycles. The molecule has 2 atom stereocenters. The lowest BCUT2D eigenvalue weighted by atomic mass is 10.1. The fraction of sp³-hybridized carbons (Fsp3) is 0.588. The Balaban J connectivity index is 1.67. The van der Waals surface area contributed by atoms with Crippen molar-refractivity contribution in [3.63, 3.8) is 0 Å². The van der Waals surface area contributed by atoms with E-state index in [1.807, 2.05) is 30.3 Å². The van der Waals surface area contributed by atoms with Crippen molar-refractivity contribution in [3.8, 4) is 0 Å². The summed E-state index contributed by atoms with van der Waals surface area (Å²) in [6.45, 7) is 5.23. The molecule has 0 bridgehead atoms. The number of ether oxygens (including phenoxy) is 1. The van der Waals surface area contributed by atoms with Gasteiger partial charge in [-0.1, -0.05) is 44.2 Å². The molecule has 0 heterocycles. The third kappa shape index (κ3) is 4.55. The van der Waals surface area contributed by atoms with Gasteiger partial charge < -0.3 is 14.7 Å². The van der Waals surface area contributed by atoms with Gasteiger partial charge >= 0.3 is 0 Å². The summed E-state index contributed by atoms with van der Waals surface area (Å²) in [6.07, 6.45) is 0.293. The molecule has 1 aromatic rings. The van der Waals surface area contributed by atoms with Crippen LogP contribution in [0.5, 0.6) is 0 Å². The van der Waals surface area contributed by atoms with Crippen LogP contribution in [0.1, 0.15) is 25.8 Å². The molecular formula is C17H25NO3. The molecule has 2 unspecified atom stereocenters. The second-order valence-electron chi connectivity index (χ2n) is 6.62. The van der Waals surface area contributed by atoms with E-state index in [0.29, 0.717) is 13.2 Å². The molecular weight excluding hydrogens is 266 g/mol. The number of rotatable bonds is 7. The van der Waals surface area contributed by atoms with Gasteiger partial charge in [0.15, 0.2) is 0 Å². The number of hydrogen-bond acceptors (Lipinski definition) is 3. The van der Waals surface area contributed by atoms with Crippen LogP contribution in [0.4, 0.5) is 0 Å². The van der Waals surface area contributed by atoms with Crippen molar-refractivity contribution in [1.29, 1.82) is 0 Å². The van der Waals surface area contributed by atoms with Gasteiger partial charge in [-0.2, -0.15) is 0 Å². The highest BCUT2D eigenvalue weighted by atomic mass is 16.5. The average molecular weight is 291 g/mol. The lowest BCUT2D eigenvalue weighted by Crippen LogP contribution is -2.37. The summed E-state index contributed by atoms with van der Waals surface area (Å²) >= 11 is 0. The fourth-order valence-electron chi connectivity index (χ4n) is 2.50. The van der Waals surface area contributed by atoms with Crippen LogP contribution in [0.25, 0.3) is 0 Å². The van der Waals surface area contributed by atoms with Gasteiger partial charge in [-0.25, -0.2) is 0 Å². The monoisotopic (exact) mass is 291 g/mol. The van der Waals surface area contributed by atoms with E-state index in [-0.39, 0.29) is 23.8 Å². The first-order valence-corrected chi connectivity index (χ1v) is 7.45. The maximum Gasteiger partial charge on any atom is 0.226 e. The Labute approximate surface area is 126 Å². The van der Waals surface area contributed by atoms with Gasteiger partial charge in [0, 0.05) is 19.5 Å². The lowest BCUT2D eigenvalue weighted by Gasteiger charge is -2.21. The van der Waals surface area contributed by atoms with E-state index in [1.165, 1.54) is 0 Å². The maximum atomic E-state index is 12.1. The summed E-state index contributed by atoms with van der Waals surface area (Å²) in [5.41, 5.74) is 1.20. The highest BCUT2D eigenvalue weighted by Gasteiger charge is 2.51. The molecule has 0 saturated heterocycles. The number of amides is 1. The van der Waals surface area contributed by atoms with Crippen LogP contribution in [0.3, 0.4) is 0 Å². The average Bonchev–Trinajstić information content (AvgIpc) is 3.08. The molecule has 0 aromatic heterocycles. The topological polar surface area (TPSA) is 49.8 Å². The van der Waals surface area contributed by atoms with Gasteiger partial charge in [0.2, 0.25) is 5.91 Å². The van der Waals surface area contributed by atoms with Gasteiger partial charge in [0.05, 0.1) is 19.3 Å². The molecule has 1 N–H and O–H groups in total. The maximum absolute atomic E-state index is 12.1. The minimum absolute atomic E-state index is 0.111. The molecule has 1 amide bonds. The number of nitrogens with zero attached hydrogens (tertiary/aromatic N) is 1. The molecule has 1 saturated carbocycles. The van der Waals surface area contributed by atoms with E-state index in [4.69, 9.17) is 4.74 Å². The Morgan fingerprint density at radius 3 is 2.62 bits per heavy atom. The highest BCUT2D eigenvalue weighted by Crippen LogP contribution is 2.52. The number of carbonyl (C=O) groups excluding carboxylic acids is 1. The Morgan fingerprint density at radius 1 is 1.43 bits per heavy atom. The molecule has 0 aliphatic heterocycles. The molecule has 21 heavy (non-hydrogen) atoms. The molecule has 116 valence electrons. The number of likely N-dealkylation sites (N-methyl/N-ethyl adjacent to an activating group) is 1. The zero-order valence-electron chi connectivity index (χ0n) is 13.1. The number of benzene rings is 1. The summed E-state index contributed by atoms with van der Waals surface area (Å²) in [5.74, 6) is 0.238. The number of carbonyl (C=O) groups is 1. The smallest absolute Gasteiger partial charge is 0.226 e. The largest absolute Gasteiger partial charge is 0.389 e. The second-order valence-corrected chi connectivity index (χ2v) is 6.62. The van der Waals surface area contributed by atoms with E-state index < -0.39 is 6.10 Å². The van der Waals surface area contributed by atoms with Crippen LogP contribution in [0, 0.1) is 11.3 Å². The molecule has 1 fully saturated rings. The minimum Gasteiger partial charge on any atom is -0.389 e. The molecule has 0 spiro atoms. The molecule has 4 nitrogen and oxygen atoms in total. The Bertz CT molecular complexity index is 472. The Morgan fingerprint density at radius 2 is 2.05 bits per heavy atom. The van der Waals surface area contributed by atoms with Crippen molar-refractivity contribution in [2.24, 2.45) is 11.3 Å². The zero-order valence-corrected chi connectivity index (χ0v) is 13.1. The summed E-state index contributed by atoms with van der Waals surface area (Å²) in [7, 11) is 1.75. The van der Waals surface area contributed by atoms with Crippen molar-refractivity contribution in [1.82, 2.24) is 4.90 Å². The van der Waals surface area contributed by atoms with Crippen molar-refractivity contribution < 1.29 is 14.6 Å². The van der Waals surface area contributed by atoms with Gasteiger partial charge in [0.25, 0.3) is 0 Å². The van der Waals surface area contributed by atoms with Gasteiger partial charge in [0.1, 0.15) is 0 Å².